The third-order valence-corrected chi connectivity index (χ3v) is 2.99. The van der Waals surface area contributed by atoms with Crippen molar-refractivity contribution in [2.75, 3.05) is 19.0 Å². The SMILES string of the molecule is COCC(=O)Nc1ccc2nc(-c3ccncc3)[nH]c2c1. The van der Waals surface area contributed by atoms with Crippen LogP contribution >= 0.6 is 0 Å². The van der Waals surface area contributed by atoms with E-state index < -0.39 is 0 Å². The molecule has 21 heavy (non-hydrogen) atoms. The summed E-state index contributed by atoms with van der Waals surface area (Å²) < 4.78 is 4.79. The smallest absolute Gasteiger partial charge is 0.250 e. The highest BCUT2D eigenvalue weighted by Crippen LogP contribution is 2.22. The lowest BCUT2D eigenvalue weighted by molar-refractivity contribution is -0.119. The first-order valence-corrected chi connectivity index (χ1v) is 6.45. The quantitative estimate of drug-likeness (QED) is 0.769. The van der Waals surface area contributed by atoms with Crippen molar-refractivity contribution in [2.24, 2.45) is 0 Å². The van der Waals surface area contributed by atoms with Crippen LogP contribution in [0.25, 0.3) is 22.4 Å². The van der Waals surface area contributed by atoms with Crippen molar-refractivity contribution >= 4 is 22.6 Å². The molecule has 0 spiro atoms. The molecular formula is C15H14N4O2. The van der Waals surface area contributed by atoms with Crippen molar-refractivity contribution in [3.8, 4) is 11.4 Å². The number of H-pyrrole nitrogens is 1. The minimum atomic E-state index is -0.189. The van der Waals surface area contributed by atoms with Gasteiger partial charge < -0.3 is 15.0 Å². The number of ether oxygens (including phenoxy) is 1. The predicted molar refractivity (Wildman–Crippen MR) is 79.8 cm³/mol. The summed E-state index contributed by atoms with van der Waals surface area (Å²) in [7, 11) is 1.48. The molecule has 0 aliphatic heterocycles. The van der Waals surface area contributed by atoms with Crippen molar-refractivity contribution in [3.05, 3.63) is 42.7 Å². The van der Waals surface area contributed by atoms with Gasteiger partial charge in [0.1, 0.15) is 12.4 Å². The van der Waals surface area contributed by atoms with Crippen LogP contribution in [0.4, 0.5) is 5.69 Å². The van der Waals surface area contributed by atoms with E-state index in [9.17, 15) is 4.79 Å². The van der Waals surface area contributed by atoms with Gasteiger partial charge in [-0.3, -0.25) is 9.78 Å². The number of anilines is 1. The van der Waals surface area contributed by atoms with Gasteiger partial charge in [0.05, 0.1) is 11.0 Å². The third-order valence-electron chi connectivity index (χ3n) is 2.99. The number of nitrogens with one attached hydrogen (secondary N) is 2. The van der Waals surface area contributed by atoms with Crippen LogP contribution in [-0.2, 0) is 9.53 Å². The zero-order valence-corrected chi connectivity index (χ0v) is 11.5. The minimum absolute atomic E-state index is 0.0310. The highest BCUT2D eigenvalue weighted by molar-refractivity contribution is 5.94. The molecule has 0 saturated heterocycles. The van der Waals surface area contributed by atoms with E-state index in [0.29, 0.717) is 5.69 Å². The Balaban J connectivity index is 1.90. The summed E-state index contributed by atoms with van der Waals surface area (Å²) in [5.41, 5.74) is 3.37. The highest BCUT2D eigenvalue weighted by Gasteiger charge is 2.07. The van der Waals surface area contributed by atoms with Crippen LogP contribution < -0.4 is 5.32 Å². The Morgan fingerprint density at radius 3 is 2.86 bits per heavy atom. The number of nitrogens with zero attached hydrogens (tertiary/aromatic N) is 2. The Kier molecular flexibility index (Phi) is 3.61. The molecule has 0 bridgehead atoms. The van der Waals surface area contributed by atoms with Crippen LogP contribution in [0.5, 0.6) is 0 Å². The maximum atomic E-state index is 11.5. The summed E-state index contributed by atoms with van der Waals surface area (Å²) in [5.74, 6) is 0.582. The molecule has 2 aromatic heterocycles. The van der Waals surface area contributed by atoms with E-state index in [2.05, 4.69) is 20.3 Å². The number of hydrogen-bond acceptors (Lipinski definition) is 4. The Labute approximate surface area is 121 Å². The fraction of sp³-hybridized carbons (Fsp3) is 0.133. The van der Waals surface area contributed by atoms with Gasteiger partial charge in [-0.15, -0.1) is 0 Å². The Hall–Kier alpha value is -2.73. The van der Waals surface area contributed by atoms with E-state index in [1.54, 1.807) is 12.4 Å². The number of fused-ring (bicyclic) bond motifs is 1. The maximum Gasteiger partial charge on any atom is 0.250 e. The third kappa shape index (κ3) is 2.90. The van der Waals surface area contributed by atoms with Crippen LogP contribution in [0.1, 0.15) is 0 Å². The number of rotatable bonds is 4. The molecule has 6 heteroatoms. The Morgan fingerprint density at radius 2 is 2.10 bits per heavy atom. The monoisotopic (exact) mass is 282 g/mol. The average molecular weight is 282 g/mol. The van der Waals surface area contributed by atoms with Crippen LogP contribution in [0.15, 0.2) is 42.7 Å². The minimum Gasteiger partial charge on any atom is -0.375 e. The number of aromatic amines is 1. The van der Waals surface area contributed by atoms with Crippen molar-refractivity contribution in [1.82, 2.24) is 15.0 Å². The molecule has 2 N–H and O–H groups in total. The van der Waals surface area contributed by atoms with Crippen LogP contribution in [0.3, 0.4) is 0 Å². The predicted octanol–water partition coefficient (Wildman–Crippen LogP) is 2.21. The first kappa shape index (κ1) is 13.3. The van der Waals surface area contributed by atoms with Gasteiger partial charge >= 0.3 is 0 Å². The van der Waals surface area contributed by atoms with Gasteiger partial charge in [-0.1, -0.05) is 0 Å². The summed E-state index contributed by atoms with van der Waals surface area (Å²) in [5, 5.41) is 2.76. The molecule has 0 aliphatic rings. The number of methoxy groups -OCH3 is 1. The van der Waals surface area contributed by atoms with E-state index in [4.69, 9.17) is 4.74 Å². The summed E-state index contributed by atoms with van der Waals surface area (Å²) in [4.78, 5) is 23.2. The molecule has 1 amide bonds. The van der Waals surface area contributed by atoms with Crippen LogP contribution in [-0.4, -0.2) is 34.6 Å². The van der Waals surface area contributed by atoms with Crippen LogP contribution in [0.2, 0.25) is 0 Å². The maximum absolute atomic E-state index is 11.5. The van der Waals surface area contributed by atoms with Crippen molar-refractivity contribution in [1.29, 1.82) is 0 Å². The van der Waals surface area contributed by atoms with Gasteiger partial charge in [-0.05, 0) is 30.3 Å². The molecule has 3 rings (SSSR count). The largest absolute Gasteiger partial charge is 0.375 e. The molecule has 0 atom stereocenters. The number of pyridine rings is 1. The van der Waals surface area contributed by atoms with Crippen LogP contribution in [0, 0.1) is 0 Å². The fourth-order valence-electron chi connectivity index (χ4n) is 2.06. The van der Waals surface area contributed by atoms with Gasteiger partial charge in [0.2, 0.25) is 5.91 Å². The van der Waals surface area contributed by atoms with E-state index >= 15 is 0 Å². The topological polar surface area (TPSA) is 79.9 Å². The molecule has 3 aromatic rings. The van der Waals surface area contributed by atoms with E-state index in [1.807, 2.05) is 30.3 Å². The molecule has 0 radical (unpaired) electrons. The number of hydrogen-bond donors (Lipinski definition) is 2. The van der Waals surface area contributed by atoms with Gasteiger partial charge in [0.15, 0.2) is 0 Å². The Morgan fingerprint density at radius 1 is 1.29 bits per heavy atom. The summed E-state index contributed by atoms with van der Waals surface area (Å²) >= 11 is 0. The average Bonchev–Trinajstić information content (AvgIpc) is 2.91. The van der Waals surface area contributed by atoms with Crippen molar-refractivity contribution in [2.45, 2.75) is 0 Å². The van der Waals surface area contributed by atoms with Crippen molar-refractivity contribution < 1.29 is 9.53 Å². The number of benzene rings is 1. The second-order valence-electron chi connectivity index (χ2n) is 4.53. The molecule has 0 saturated carbocycles. The molecular weight excluding hydrogens is 268 g/mol. The highest BCUT2D eigenvalue weighted by atomic mass is 16.5. The molecule has 0 unspecified atom stereocenters. The summed E-state index contributed by atoms with van der Waals surface area (Å²) in [6.07, 6.45) is 3.44. The number of carbonyl (C=O) groups excluding carboxylic acids is 1. The van der Waals surface area contributed by atoms with Crippen molar-refractivity contribution in [3.63, 3.8) is 0 Å². The van der Waals surface area contributed by atoms with Gasteiger partial charge in [-0.2, -0.15) is 0 Å². The van der Waals surface area contributed by atoms with E-state index in [1.165, 1.54) is 7.11 Å². The number of imidazole rings is 1. The summed E-state index contributed by atoms with van der Waals surface area (Å²) in [6, 6.07) is 9.30. The lowest BCUT2D eigenvalue weighted by Crippen LogP contribution is -2.16. The van der Waals surface area contributed by atoms with Gasteiger partial charge in [0.25, 0.3) is 0 Å². The first-order valence-electron chi connectivity index (χ1n) is 6.45. The second kappa shape index (κ2) is 5.72. The fourth-order valence-corrected chi connectivity index (χ4v) is 2.06. The molecule has 0 aliphatic carbocycles. The molecule has 0 fully saturated rings. The van der Waals surface area contributed by atoms with E-state index in [-0.39, 0.29) is 12.5 Å². The number of amides is 1. The molecule has 2 heterocycles. The normalized spacial score (nSPS) is 10.7. The zero-order chi connectivity index (χ0) is 14.7. The molecule has 1 aromatic carbocycles. The van der Waals surface area contributed by atoms with E-state index in [0.717, 1.165) is 22.4 Å². The lowest BCUT2D eigenvalue weighted by Gasteiger charge is -2.03. The molecule has 106 valence electrons. The lowest BCUT2D eigenvalue weighted by atomic mass is 10.2. The summed E-state index contributed by atoms with van der Waals surface area (Å²) in [6.45, 7) is 0.0310. The van der Waals surface area contributed by atoms with Gasteiger partial charge in [-0.25, -0.2) is 4.98 Å². The van der Waals surface area contributed by atoms with Gasteiger partial charge in [0, 0.05) is 30.8 Å². The molecule has 6 nitrogen and oxygen atoms in total. The Bertz CT molecular complexity index is 768. The first-order chi connectivity index (χ1) is 10.3. The standard InChI is InChI=1S/C15H14N4O2/c1-21-9-14(20)17-11-2-3-12-13(8-11)19-15(18-12)10-4-6-16-7-5-10/h2-8H,9H2,1H3,(H,17,20)(H,18,19). The second-order valence-corrected chi connectivity index (χ2v) is 4.53. The number of carbonyl (C=O) groups is 1. The zero-order valence-electron chi connectivity index (χ0n) is 11.5. The number of aromatic nitrogens is 3.